The number of aromatic hydroxyl groups is 1. The zero-order chi connectivity index (χ0) is 25.0. The van der Waals surface area contributed by atoms with Crippen molar-refractivity contribution in [3.63, 3.8) is 0 Å². The van der Waals surface area contributed by atoms with Crippen LogP contribution in [0.1, 0.15) is 42.4 Å². The zero-order valence-electron chi connectivity index (χ0n) is 21.0. The van der Waals surface area contributed by atoms with Crippen LogP contribution in [0.15, 0.2) is 54.6 Å². The standard InChI is InChI=1S/C31H34N2O4/c34-23-9-8-21-16-24-29-11-12-31(36,22(17-29)27(35)32-14-10-19-4-2-1-3-5-19)28-30(29,25(21)26(23)37-28)13-15-33(24)18-20-6-7-20/h1-5,8-9,11-12,20,22,24,28,34,36H,6-7,10,13-18H2,(H,32,35)/t22-,24-,28-,29-,30+,31+/m1/s1. The van der Waals surface area contributed by atoms with E-state index in [1.54, 1.807) is 6.07 Å². The van der Waals surface area contributed by atoms with Crippen molar-refractivity contribution in [2.75, 3.05) is 19.6 Å². The number of fused-ring (bicyclic) bond motifs is 1. The van der Waals surface area contributed by atoms with E-state index < -0.39 is 23.0 Å². The third-order valence-electron chi connectivity index (χ3n) is 10.7. The van der Waals surface area contributed by atoms with Crippen LogP contribution in [0.25, 0.3) is 0 Å². The molecule has 2 heterocycles. The van der Waals surface area contributed by atoms with Gasteiger partial charge >= 0.3 is 0 Å². The second kappa shape index (κ2) is 7.39. The van der Waals surface area contributed by atoms with E-state index in [2.05, 4.69) is 34.5 Å². The number of nitrogens with one attached hydrogen (secondary N) is 1. The third-order valence-corrected chi connectivity index (χ3v) is 10.7. The Kier molecular flexibility index (Phi) is 4.43. The molecule has 2 aromatic rings. The van der Waals surface area contributed by atoms with Crippen LogP contribution in [0.2, 0.25) is 0 Å². The van der Waals surface area contributed by atoms with Gasteiger partial charge in [-0.1, -0.05) is 48.6 Å². The van der Waals surface area contributed by atoms with Crippen molar-refractivity contribution in [2.45, 2.75) is 61.7 Å². The Hall–Kier alpha value is -2.83. The number of hydrogen-bond acceptors (Lipinski definition) is 5. The van der Waals surface area contributed by atoms with Gasteiger partial charge in [0.15, 0.2) is 11.5 Å². The van der Waals surface area contributed by atoms with Crippen molar-refractivity contribution >= 4 is 5.91 Å². The Morgan fingerprint density at radius 2 is 1.97 bits per heavy atom. The van der Waals surface area contributed by atoms with Crippen LogP contribution < -0.4 is 10.1 Å². The molecule has 0 radical (unpaired) electrons. The highest BCUT2D eigenvalue weighted by Gasteiger charge is 2.79. The van der Waals surface area contributed by atoms with Crippen LogP contribution in [0.4, 0.5) is 0 Å². The fourth-order valence-electron chi connectivity index (χ4n) is 8.88. The van der Waals surface area contributed by atoms with E-state index in [1.807, 2.05) is 24.3 Å². The second-order valence-electron chi connectivity index (χ2n) is 12.4. The van der Waals surface area contributed by atoms with E-state index in [0.717, 1.165) is 43.8 Å². The predicted molar refractivity (Wildman–Crippen MR) is 138 cm³/mol. The highest BCUT2D eigenvalue weighted by Crippen LogP contribution is 2.74. The molecule has 2 saturated carbocycles. The zero-order valence-corrected chi connectivity index (χ0v) is 21.0. The van der Waals surface area contributed by atoms with Crippen molar-refractivity contribution in [1.82, 2.24) is 10.2 Å². The van der Waals surface area contributed by atoms with Gasteiger partial charge in [0.2, 0.25) is 5.91 Å². The van der Waals surface area contributed by atoms with Gasteiger partial charge < -0.3 is 20.3 Å². The van der Waals surface area contributed by atoms with E-state index in [-0.39, 0.29) is 23.1 Å². The lowest BCUT2D eigenvalue weighted by molar-refractivity contribution is -0.206. The summed E-state index contributed by atoms with van der Waals surface area (Å²) in [6.45, 7) is 2.61. The maximum Gasteiger partial charge on any atom is 0.226 e. The summed E-state index contributed by atoms with van der Waals surface area (Å²) in [5.41, 5.74) is 1.39. The molecule has 6 heteroatoms. The third kappa shape index (κ3) is 2.75. The molecule has 5 aliphatic carbocycles. The lowest BCUT2D eigenvalue weighted by Gasteiger charge is -2.70. The fourth-order valence-corrected chi connectivity index (χ4v) is 8.88. The van der Waals surface area contributed by atoms with Crippen molar-refractivity contribution in [2.24, 2.45) is 17.3 Å². The molecule has 7 aliphatic rings. The number of carbonyl (C=O) groups excluding carboxylic acids is 1. The van der Waals surface area contributed by atoms with Gasteiger partial charge in [0, 0.05) is 30.1 Å². The molecule has 1 saturated heterocycles. The first-order chi connectivity index (χ1) is 18.0. The number of phenolic OH excluding ortho intramolecular Hbond substituents is 1. The van der Waals surface area contributed by atoms with E-state index in [1.165, 1.54) is 24.0 Å². The molecule has 3 N–H and O–H groups in total. The summed E-state index contributed by atoms with van der Waals surface area (Å²) in [6, 6.07) is 14.2. The first kappa shape index (κ1) is 22.2. The van der Waals surface area contributed by atoms with Gasteiger partial charge in [0.1, 0.15) is 11.7 Å². The molecule has 6 nitrogen and oxygen atoms in total. The molecule has 192 valence electrons. The fraction of sp³-hybridized carbons (Fsp3) is 0.516. The van der Waals surface area contributed by atoms with Gasteiger partial charge in [-0.25, -0.2) is 0 Å². The lowest BCUT2D eigenvalue weighted by Crippen LogP contribution is -2.80. The number of ether oxygens (including phenoxy) is 1. The lowest BCUT2D eigenvalue weighted by atomic mass is 9.37. The number of rotatable bonds is 6. The van der Waals surface area contributed by atoms with Gasteiger partial charge in [-0.2, -0.15) is 0 Å². The highest BCUT2D eigenvalue weighted by molar-refractivity contribution is 5.82. The Bertz CT molecular complexity index is 1320. The summed E-state index contributed by atoms with van der Waals surface area (Å²) in [5.74, 6) is 0.769. The number of piperidine rings is 1. The summed E-state index contributed by atoms with van der Waals surface area (Å²) in [6.07, 6.45) is 9.32. The molecule has 37 heavy (non-hydrogen) atoms. The maximum absolute atomic E-state index is 13.7. The first-order valence-corrected chi connectivity index (χ1v) is 14.0. The number of aliphatic hydroxyl groups is 1. The van der Waals surface area contributed by atoms with Crippen LogP contribution >= 0.6 is 0 Å². The molecular formula is C31H34N2O4. The molecule has 0 unspecified atom stereocenters. The molecule has 1 amide bonds. The largest absolute Gasteiger partial charge is 0.504 e. The molecule has 2 spiro atoms. The average molecular weight is 499 g/mol. The quantitative estimate of drug-likeness (QED) is 0.534. The molecule has 4 bridgehead atoms. The summed E-state index contributed by atoms with van der Waals surface area (Å²) >= 11 is 0. The number of carbonyl (C=O) groups is 1. The van der Waals surface area contributed by atoms with Crippen molar-refractivity contribution in [3.8, 4) is 11.5 Å². The van der Waals surface area contributed by atoms with Gasteiger partial charge in [-0.3, -0.25) is 9.69 Å². The number of nitrogens with zero attached hydrogens (tertiary/aromatic N) is 1. The van der Waals surface area contributed by atoms with Gasteiger partial charge in [0.05, 0.1) is 11.3 Å². The van der Waals surface area contributed by atoms with Crippen LogP contribution in [-0.4, -0.2) is 58.4 Å². The monoisotopic (exact) mass is 498 g/mol. The molecule has 2 aliphatic heterocycles. The van der Waals surface area contributed by atoms with E-state index in [0.29, 0.717) is 18.7 Å². The molecular weight excluding hydrogens is 464 g/mol. The SMILES string of the molecule is O=C(NCCc1ccccc1)[C@H]1C[C@@]23C=C[C@@]1(O)[C@@H]1Oc4c(O)ccc5c4[C@@]12CCN(CC1CC1)[C@@H]3C5. The van der Waals surface area contributed by atoms with Crippen LogP contribution in [0.3, 0.4) is 0 Å². The molecule has 6 atom stereocenters. The molecule has 2 aromatic carbocycles. The van der Waals surface area contributed by atoms with Crippen molar-refractivity contribution < 1.29 is 19.7 Å². The number of likely N-dealkylation sites (tertiary alicyclic amines) is 1. The van der Waals surface area contributed by atoms with Crippen LogP contribution in [0.5, 0.6) is 11.5 Å². The smallest absolute Gasteiger partial charge is 0.226 e. The Balaban J connectivity index is 1.19. The number of phenols is 1. The van der Waals surface area contributed by atoms with Crippen LogP contribution in [-0.2, 0) is 23.1 Å². The van der Waals surface area contributed by atoms with E-state index in [9.17, 15) is 15.0 Å². The minimum absolute atomic E-state index is 0.0987. The summed E-state index contributed by atoms with van der Waals surface area (Å²) < 4.78 is 6.57. The van der Waals surface area contributed by atoms with E-state index >= 15 is 0 Å². The number of amides is 1. The maximum atomic E-state index is 13.7. The normalized spacial score (nSPS) is 38.2. The van der Waals surface area contributed by atoms with Crippen molar-refractivity contribution in [1.29, 1.82) is 0 Å². The molecule has 3 fully saturated rings. The van der Waals surface area contributed by atoms with Gasteiger partial charge in [-0.15, -0.1) is 0 Å². The summed E-state index contributed by atoms with van der Waals surface area (Å²) in [7, 11) is 0. The van der Waals surface area contributed by atoms with Crippen molar-refractivity contribution in [3.05, 3.63) is 71.3 Å². The average Bonchev–Trinajstić information content (AvgIpc) is 3.64. The number of hydrogen-bond donors (Lipinski definition) is 3. The predicted octanol–water partition coefficient (Wildman–Crippen LogP) is 3.10. The minimum atomic E-state index is -1.41. The molecule has 9 rings (SSSR count). The topological polar surface area (TPSA) is 82.0 Å². The molecule has 0 aromatic heterocycles. The first-order valence-electron chi connectivity index (χ1n) is 14.0. The van der Waals surface area contributed by atoms with E-state index in [4.69, 9.17) is 4.74 Å². The minimum Gasteiger partial charge on any atom is -0.504 e. The summed E-state index contributed by atoms with van der Waals surface area (Å²) in [5, 5.41) is 26.3. The van der Waals surface area contributed by atoms with Crippen LogP contribution in [0, 0.1) is 17.3 Å². The Morgan fingerprint density at radius 3 is 2.78 bits per heavy atom. The Morgan fingerprint density at radius 1 is 1.14 bits per heavy atom. The highest BCUT2D eigenvalue weighted by atomic mass is 16.5. The van der Waals surface area contributed by atoms with Gasteiger partial charge in [0.25, 0.3) is 0 Å². The Labute approximate surface area is 217 Å². The second-order valence-corrected chi connectivity index (χ2v) is 12.4. The van der Waals surface area contributed by atoms with Gasteiger partial charge in [-0.05, 0) is 68.2 Å². The summed E-state index contributed by atoms with van der Waals surface area (Å²) in [4.78, 5) is 16.4. The number of benzene rings is 2.